The minimum atomic E-state index is -4.60. The summed E-state index contributed by atoms with van der Waals surface area (Å²) in [5.74, 6) is -0.423. The molecule has 0 bridgehead atoms. The first kappa shape index (κ1) is 21.3. The van der Waals surface area contributed by atoms with E-state index in [1.807, 2.05) is 19.9 Å². The van der Waals surface area contributed by atoms with Gasteiger partial charge in [0.2, 0.25) is 11.6 Å². The van der Waals surface area contributed by atoms with Crippen LogP contribution in [0.3, 0.4) is 0 Å². The third kappa shape index (κ3) is 4.77. The Morgan fingerprint density at radius 1 is 1.00 bits per heavy atom. The van der Waals surface area contributed by atoms with Crippen LogP contribution < -0.4 is 10.6 Å². The van der Waals surface area contributed by atoms with Crippen molar-refractivity contribution in [3.8, 4) is 0 Å². The van der Waals surface area contributed by atoms with Gasteiger partial charge < -0.3 is 10.6 Å². The molecule has 30 heavy (non-hydrogen) atoms. The molecule has 156 valence electrons. The van der Waals surface area contributed by atoms with Crippen molar-refractivity contribution in [1.82, 2.24) is 9.97 Å². The number of alkyl halides is 3. The summed E-state index contributed by atoms with van der Waals surface area (Å²) in [4.78, 5) is 18.7. The van der Waals surface area contributed by atoms with Gasteiger partial charge in [0.1, 0.15) is 6.33 Å². The molecule has 0 spiro atoms. The minimum absolute atomic E-state index is 0.0558. The van der Waals surface area contributed by atoms with Crippen LogP contribution in [0.15, 0.2) is 42.7 Å². The zero-order valence-corrected chi connectivity index (χ0v) is 16.5. The molecule has 1 heterocycles. The van der Waals surface area contributed by atoms with Crippen LogP contribution >= 0.6 is 11.6 Å². The number of aryl methyl sites for hydroxylation is 2. The molecule has 0 unspecified atom stereocenters. The van der Waals surface area contributed by atoms with Gasteiger partial charge in [-0.05, 0) is 55.3 Å². The fourth-order valence-corrected chi connectivity index (χ4v) is 3.01. The van der Waals surface area contributed by atoms with Crippen LogP contribution in [0.2, 0.25) is 5.02 Å². The molecule has 7 nitrogen and oxygen atoms in total. The van der Waals surface area contributed by atoms with Crippen LogP contribution in [0.1, 0.15) is 16.7 Å². The Bertz CT molecular complexity index is 1100. The normalized spacial score (nSPS) is 11.3. The van der Waals surface area contributed by atoms with E-state index in [2.05, 4.69) is 20.6 Å². The maximum atomic E-state index is 13.0. The third-order valence-corrected chi connectivity index (χ3v) is 4.37. The average Bonchev–Trinajstić information content (AvgIpc) is 2.61. The molecule has 0 fully saturated rings. The van der Waals surface area contributed by atoms with Gasteiger partial charge in [-0.2, -0.15) is 13.2 Å². The van der Waals surface area contributed by atoms with E-state index in [4.69, 9.17) is 11.6 Å². The maximum Gasteiger partial charge on any atom is 0.416 e. The summed E-state index contributed by atoms with van der Waals surface area (Å²) in [7, 11) is 0. The molecule has 0 aliphatic rings. The molecule has 0 amide bonds. The van der Waals surface area contributed by atoms with Crippen LogP contribution in [0.25, 0.3) is 0 Å². The van der Waals surface area contributed by atoms with Gasteiger partial charge in [-0.15, -0.1) is 0 Å². The van der Waals surface area contributed by atoms with Crippen LogP contribution in [-0.4, -0.2) is 14.9 Å². The van der Waals surface area contributed by atoms with Gasteiger partial charge in [-0.1, -0.05) is 17.7 Å². The van der Waals surface area contributed by atoms with Gasteiger partial charge in [0.25, 0.3) is 0 Å². The van der Waals surface area contributed by atoms with Gasteiger partial charge in [-0.3, -0.25) is 10.1 Å². The Balaban J connectivity index is 2.03. The van der Waals surface area contributed by atoms with Gasteiger partial charge in [-0.25, -0.2) is 9.97 Å². The highest BCUT2D eigenvalue weighted by Gasteiger charge is 2.31. The molecule has 0 radical (unpaired) electrons. The molecule has 2 N–H and O–H groups in total. The number of rotatable bonds is 5. The molecule has 3 rings (SSSR count). The SMILES string of the molecule is Cc1cc(C)cc(Nc2ncnc(Nc3cc(C(F)(F)F)ccc3Cl)c2[N+](=O)[O-])c1. The highest BCUT2D eigenvalue weighted by molar-refractivity contribution is 6.33. The maximum absolute atomic E-state index is 13.0. The Morgan fingerprint density at radius 3 is 2.17 bits per heavy atom. The Kier molecular flexibility index (Phi) is 5.79. The fourth-order valence-electron chi connectivity index (χ4n) is 2.84. The van der Waals surface area contributed by atoms with Crippen molar-refractivity contribution in [2.24, 2.45) is 0 Å². The Morgan fingerprint density at radius 2 is 1.60 bits per heavy atom. The zero-order valence-electron chi connectivity index (χ0n) is 15.7. The van der Waals surface area contributed by atoms with Crippen molar-refractivity contribution >= 4 is 40.3 Å². The fraction of sp³-hybridized carbons (Fsp3) is 0.158. The molecule has 0 atom stereocenters. The van der Waals surface area contributed by atoms with Gasteiger partial charge in [0.05, 0.1) is 21.2 Å². The van der Waals surface area contributed by atoms with E-state index >= 15 is 0 Å². The highest BCUT2D eigenvalue weighted by Crippen LogP contribution is 2.38. The summed E-state index contributed by atoms with van der Waals surface area (Å²) in [6.07, 6.45) is -3.55. The molecule has 0 saturated carbocycles. The monoisotopic (exact) mass is 437 g/mol. The van der Waals surface area contributed by atoms with Crippen molar-refractivity contribution in [3.63, 3.8) is 0 Å². The van der Waals surface area contributed by atoms with E-state index in [-0.39, 0.29) is 22.3 Å². The molecule has 11 heteroatoms. The van der Waals surface area contributed by atoms with E-state index in [1.54, 1.807) is 12.1 Å². The number of benzene rings is 2. The Hall–Kier alpha value is -3.40. The van der Waals surface area contributed by atoms with Crippen LogP contribution in [0, 0.1) is 24.0 Å². The lowest BCUT2D eigenvalue weighted by Crippen LogP contribution is -2.08. The van der Waals surface area contributed by atoms with Crippen molar-refractivity contribution in [3.05, 3.63) is 74.6 Å². The largest absolute Gasteiger partial charge is 0.416 e. The topological polar surface area (TPSA) is 93.0 Å². The molecular formula is C19H15ClF3N5O2. The van der Waals surface area contributed by atoms with E-state index in [1.165, 1.54) is 0 Å². The Labute approximate surface area is 174 Å². The summed E-state index contributed by atoms with van der Waals surface area (Å²) in [5.41, 5.74) is 0.763. The summed E-state index contributed by atoms with van der Waals surface area (Å²) < 4.78 is 39.0. The van der Waals surface area contributed by atoms with E-state index in [9.17, 15) is 23.3 Å². The number of nitrogens with one attached hydrogen (secondary N) is 2. The van der Waals surface area contributed by atoms with Crippen LogP contribution in [0.4, 0.5) is 41.9 Å². The third-order valence-electron chi connectivity index (χ3n) is 4.04. The van der Waals surface area contributed by atoms with Crippen molar-refractivity contribution in [2.45, 2.75) is 20.0 Å². The van der Waals surface area contributed by atoms with Crippen LogP contribution in [0.5, 0.6) is 0 Å². The van der Waals surface area contributed by atoms with Crippen molar-refractivity contribution in [1.29, 1.82) is 0 Å². The lowest BCUT2D eigenvalue weighted by molar-refractivity contribution is -0.383. The molecule has 0 saturated heterocycles. The van der Waals surface area contributed by atoms with Crippen molar-refractivity contribution in [2.75, 3.05) is 10.6 Å². The van der Waals surface area contributed by atoms with Crippen molar-refractivity contribution < 1.29 is 18.1 Å². The molecule has 2 aromatic carbocycles. The standard InChI is InChI=1S/C19H15ClF3N5O2/c1-10-5-11(2)7-13(6-10)26-17-16(28(29)30)18(25-9-24-17)27-15-8-12(19(21,22)23)3-4-14(15)20/h3-9H,1-2H3,(H2,24,25,26,27). The molecule has 0 aliphatic carbocycles. The van der Waals surface area contributed by atoms with Crippen LogP contribution in [-0.2, 0) is 6.18 Å². The second-order valence-electron chi connectivity index (χ2n) is 6.50. The summed E-state index contributed by atoms with van der Waals surface area (Å²) in [6, 6.07) is 8.10. The lowest BCUT2D eigenvalue weighted by Gasteiger charge is -2.13. The second-order valence-corrected chi connectivity index (χ2v) is 6.90. The van der Waals surface area contributed by atoms with E-state index in [0.717, 1.165) is 35.7 Å². The van der Waals surface area contributed by atoms with E-state index < -0.39 is 22.4 Å². The van der Waals surface area contributed by atoms with Gasteiger partial charge in [0.15, 0.2) is 0 Å². The van der Waals surface area contributed by atoms with Gasteiger partial charge >= 0.3 is 11.9 Å². The molecule has 1 aromatic heterocycles. The van der Waals surface area contributed by atoms with Gasteiger partial charge in [0, 0.05) is 5.69 Å². The summed E-state index contributed by atoms with van der Waals surface area (Å²) in [6.45, 7) is 3.74. The summed E-state index contributed by atoms with van der Waals surface area (Å²) >= 11 is 5.97. The first-order chi connectivity index (χ1) is 14.0. The first-order valence-corrected chi connectivity index (χ1v) is 8.91. The highest BCUT2D eigenvalue weighted by atomic mass is 35.5. The predicted octanol–water partition coefficient (Wildman–Crippen LogP) is 6.16. The summed E-state index contributed by atoms with van der Waals surface area (Å²) in [5, 5.41) is 17.0. The molecular weight excluding hydrogens is 423 g/mol. The minimum Gasteiger partial charge on any atom is -0.334 e. The first-order valence-electron chi connectivity index (χ1n) is 8.53. The number of halogens is 4. The smallest absolute Gasteiger partial charge is 0.334 e. The number of aromatic nitrogens is 2. The van der Waals surface area contributed by atoms with E-state index in [0.29, 0.717) is 5.69 Å². The lowest BCUT2D eigenvalue weighted by atomic mass is 10.1. The molecule has 3 aromatic rings. The number of hydrogen-bond acceptors (Lipinski definition) is 6. The quantitative estimate of drug-likeness (QED) is 0.366. The average molecular weight is 438 g/mol. The number of nitrogens with zero attached hydrogens (tertiary/aromatic N) is 3. The number of hydrogen-bond donors (Lipinski definition) is 2. The zero-order chi connectivity index (χ0) is 22.1. The predicted molar refractivity (Wildman–Crippen MR) is 108 cm³/mol. The second kappa shape index (κ2) is 8.15. The number of nitro groups is 1. The number of anilines is 4. The molecule has 0 aliphatic heterocycles.